The Labute approximate surface area is 80.0 Å². The van der Waals surface area contributed by atoms with Crippen LogP contribution in [0.15, 0.2) is 12.2 Å². The molecule has 0 saturated carbocycles. The second-order valence-corrected chi connectivity index (χ2v) is 2.52. The van der Waals surface area contributed by atoms with Crippen LogP contribution in [0.2, 0.25) is 0 Å². The summed E-state index contributed by atoms with van der Waals surface area (Å²) in [5.41, 5.74) is 0. The summed E-state index contributed by atoms with van der Waals surface area (Å²) in [6.07, 6.45) is 5.29. The lowest BCUT2D eigenvalue weighted by atomic mass is 10.3. The molecule has 0 N–H and O–H groups in total. The minimum absolute atomic E-state index is 0.569. The van der Waals surface area contributed by atoms with Crippen LogP contribution in [0.3, 0.4) is 0 Å². The summed E-state index contributed by atoms with van der Waals surface area (Å²) in [6.45, 7) is 4.50. The molecule has 0 aliphatic carbocycles. The summed E-state index contributed by atoms with van der Waals surface area (Å²) in [4.78, 5) is 0. The molecule has 0 saturated heterocycles. The number of nitriles is 1. The predicted octanol–water partition coefficient (Wildman–Crippen LogP) is 1.90. The minimum atomic E-state index is 0.569. The fourth-order valence-electron chi connectivity index (χ4n) is 0.721. The van der Waals surface area contributed by atoms with Crippen molar-refractivity contribution in [1.82, 2.24) is 0 Å². The topological polar surface area (TPSA) is 42.2 Å². The maximum atomic E-state index is 8.23. The number of allylic oxidation sites excluding steroid dienone is 1. The van der Waals surface area contributed by atoms with Crippen LogP contribution in [0.1, 0.15) is 19.8 Å². The number of unbranched alkanes of at least 4 members (excludes halogenated alkanes) is 1. The summed E-state index contributed by atoms with van der Waals surface area (Å²) >= 11 is 0. The predicted molar refractivity (Wildman–Crippen MR) is 51.3 cm³/mol. The molecule has 0 aromatic carbocycles. The molecular weight excluding hydrogens is 166 g/mol. The van der Waals surface area contributed by atoms with E-state index in [1.165, 1.54) is 0 Å². The molecule has 0 heterocycles. The molecule has 0 bridgehead atoms. The van der Waals surface area contributed by atoms with E-state index in [9.17, 15) is 0 Å². The van der Waals surface area contributed by atoms with E-state index < -0.39 is 0 Å². The molecule has 13 heavy (non-hydrogen) atoms. The highest BCUT2D eigenvalue weighted by Gasteiger charge is 1.88. The van der Waals surface area contributed by atoms with E-state index in [0.717, 1.165) is 6.42 Å². The van der Waals surface area contributed by atoms with Crippen molar-refractivity contribution < 1.29 is 9.47 Å². The van der Waals surface area contributed by atoms with E-state index in [0.29, 0.717) is 32.8 Å². The molecule has 0 spiro atoms. The van der Waals surface area contributed by atoms with Gasteiger partial charge >= 0.3 is 0 Å². The standard InChI is InChI=1S/C10H17NO2/c1-2-3-7-12-9-10-13-8-5-4-6-11/h2-3H,4-5,7-10H2,1H3/b3-2-. The third-order valence-electron chi connectivity index (χ3n) is 1.40. The first-order valence-corrected chi connectivity index (χ1v) is 4.55. The van der Waals surface area contributed by atoms with E-state index >= 15 is 0 Å². The van der Waals surface area contributed by atoms with Gasteiger partial charge in [-0.25, -0.2) is 0 Å². The molecule has 3 nitrogen and oxygen atoms in total. The van der Waals surface area contributed by atoms with Gasteiger partial charge in [0.1, 0.15) is 0 Å². The summed E-state index contributed by atoms with van der Waals surface area (Å²) in [5.74, 6) is 0. The second-order valence-electron chi connectivity index (χ2n) is 2.52. The van der Waals surface area contributed by atoms with Gasteiger partial charge in [0.05, 0.1) is 25.9 Å². The molecule has 0 rings (SSSR count). The third-order valence-corrected chi connectivity index (χ3v) is 1.40. The van der Waals surface area contributed by atoms with Crippen molar-refractivity contribution in [3.8, 4) is 6.07 Å². The molecule has 0 atom stereocenters. The Balaban J connectivity index is 2.88. The van der Waals surface area contributed by atoms with Gasteiger partial charge in [0, 0.05) is 13.0 Å². The highest BCUT2D eigenvalue weighted by atomic mass is 16.5. The number of nitrogens with zero attached hydrogens (tertiary/aromatic N) is 1. The van der Waals surface area contributed by atoms with E-state index in [1.807, 2.05) is 19.1 Å². The maximum absolute atomic E-state index is 8.23. The highest BCUT2D eigenvalue weighted by molar-refractivity contribution is 4.75. The molecule has 0 aliphatic rings. The fraction of sp³-hybridized carbons (Fsp3) is 0.700. The quantitative estimate of drug-likeness (QED) is 0.426. The first-order chi connectivity index (χ1) is 6.41. The van der Waals surface area contributed by atoms with Crippen molar-refractivity contribution in [3.63, 3.8) is 0 Å². The lowest BCUT2D eigenvalue weighted by molar-refractivity contribution is 0.0577. The molecular formula is C10H17NO2. The van der Waals surface area contributed by atoms with Crippen LogP contribution >= 0.6 is 0 Å². The Bertz CT molecular complexity index is 161. The molecule has 0 radical (unpaired) electrons. The average molecular weight is 183 g/mol. The van der Waals surface area contributed by atoms with Gasteiger partial charge in [0.25, 0.3) is 0 Å². The van der Waals surface area contributed by atoms with Crippen LogP contribution in [0, 0.1) is 11.3 Å². The second kappa shape index (κ2) is 11.2. The van der Waals surface area contributed by atoms with Gasteiger partial charge in [-0.05, 0) is 13.3 Å². The Morgan fingerprint density at radius 3 is 2.69 bits per heavy atom. The van der Waals surface area contributed by atoms with E-state index in [-0.39, 0.29) is 0 Å². The SMILES string of the molecule is C/C=C\COCCOCCCC#N. The van der Waals surface area contributed by atoms with E-state index in [2.05, 4.69) is 6.07 Å². The third kappa shape index (κ3) is 11.1. The molecule has 0 aliphatic heterocycles. The fourth-order valence-corrected chi connectivity index (χ4v) is 0.721. The van der Waals surface area contributed by atoms with Gasteiger partial charge in [0.15, 0.2) is 0 Å². The monoisotopic (exact) mass is 183 g/mol. The van der Waals surface area contributed by atoms with Crippen LogP contribution in [0.4, 0.5) is 0 Å². The van der Waals surface area contributed by atoms with Gasteiger partial charge in [-0.2, -0.15) is 5.26 Å². The molecule has 0 fully saturated rings. The number of hydrogen-bond donors (Lipinski definition) is 0. The zero-order valence-electron chi connectivity index (χ0n) is 8.16. The van der Waals surface area contributed by atoms with Crippen LogP contribution in [0.5, 0.6) is 0 Å². The van der Waals surface area contributed by atoms with Crippen LogP contribution < -0.4 is 0 Å². The number of ether oxygens (including phenoxy) is 2. The van der Waals surface area contributed by atoms with Gasteiger partial charge in [0.2, 0.25) is 0 Å². The normalized spacial score (nSPS) is 10.5. The Kier molecular flexibility index (Phi) is 10.4. The van der Waals surface area contributed by atoms with Crippen LogP contribution in [-0.4, -0.2) is 26.4 Å². The highest BCUT2D eigenvalue weighted by Crippen LogP contribution is 1.88. The Hall–Kier alpha value is -0.850. The zero-order chi connectivity index (χ0) is 9.78. The minimum Gasteiger partial charge on any atom is -0.379 e. The molecule has 0 aromatic rings. The van der Waals surface area contributed by atoms with Crippen molar-refractivity contribution in [2.45, 2.75) is 19.8 Å². The summed E-state index contributed by atoms with van der Waals surface area (Å²) in [5, 5.41) is 8.23. The molecule has 0 aromatic heterocycles. The summed E-state index contributed by atoms with van der Waals surface area (Å²) < 4.78 is 10.4. The first kappa shape index (κ1) is 12.2. The summed E-state index contributed by atoms with van der Waals surface area (Å²) in [7, 11) is 0. The number of hydrogen-bond acceptors (Lipinski definition) is 3. The maximum Gasteiger partial charge on any atom is 0.0704 e. The van der Waals surface area contributed by atoms with Crippen LogP contribution in [0.25, 0.3) is 0 Å². The van der Waals surface area contributed by atoms with Gasteiger partial charge < -0.3 is 9.47 Å². The Morgan fingerprint density at radius 1 is 1.23 bits per heavy atom. The zero-order valence-corrected chi connectivity index (χ0v) is 8.16. The summed E-state index contributed by atoms with van der Waals surface area (Å²) in [6, 6.07) is 2.07. The lowest BCUT2D eigenvalue weighted by Gasteiger charge is -2.02. The molecule has 3 heteroatoms. The van der Waals surface area contributed by atoms with E-state index in [1.54, 1.807) is 0 Å². The number of rotatable bonds is 8. The average Bonchev–Trinajstić information content (AvgIpc) is 2.16. The molecule has 0 unspecified atom stereocenters. The van der Waals surface area contributed by atoms with Gasteiger partial charge in [-0.3, -0.25) is 0 Å². The van der Waals surface area contributed by atoms with Crippen molar-refractivity contribution in [1.29, 1.82) is 5.26 Å². The van der Waals surface area contributed by atoms with Crippen molar-refractivity contribution >= 4 is 0 Å². The lowest BCUT2D eigenvalue weighted by Crippen LogP contribution is -2.05. The van der Waals surface area contributed by atoms with Gasteiger partial charge in [-0.15, -0.1) is 0 Å². The molecule has 0 amide bonds. The van der Waals surface area contributed by atoms with Crippen molar-refractivity contribution in [3.05, 3.63) is 12.2 Å². The van der Waals surface area contributed by atoms with Crippen molar-refractivity contribution in [2.75, 3.05) is 26.4 Å². The smallest absolute Gasteiger partial charge is 0.0704 e. The Morgan fingerprint density at radius 2 is 2.00 bits per heavy atom. The van der Waals surface area contributed by atoms with Gasteiger partial charge in [-0.1, -0.05) is 12.2 Å². The first-order valence-electron chi connectivity index (χ1n) is 4.55. The van der Waals surface area contributed by atoms with Crippen LogP contribution in [-0.2, 0) is 9.47 Å². The van der Waals surface area contributed by atoms with E-state index in [4.69, 9.17) is 14.7 Å². The largest absolute Gasteiger partial charge is 0.379 e. The van der Waals surface area contributed by atoms with Crippen molar-refractivity contribution in [2.24, 2.45) is 0 Å². The molecule has 74 valence electrons.